The van der Waals surface area contributed by atoms with Gasteiger partial charge in [0.1, 0.15) is 0 Å². The molecule has 1 aliphatic carbocycles. The Morgan fingerprint density at radius 3 is 2.90 bits per heavy atom. The van der Waals surface area contributed by atoms with Gasteiger partial charge in [-0.05, 0) is 19.3 Å². The molecule has 0 aliphatic heterocycles. The van der Waals surface area contributed by atoms with Crippen molar-refractivity contribution in [3.05, 3.63) is 12.2 Å². The normalized spacial score (nSPS) is 30.6. The number of hydrogen-bond donors (Lipinski definition) is 0. The van der Waals surface area contributed by atoms with Crippen molar-refractivity contribution in [3.8, 4) is 0 Å². The molecular formula is C8H12O2. The van der Waals surface area contributed by atoms with Gasteiger partial charge in [-0.2, -0.15) is 0 Å². The molecule has 2 heteroatoms. The van der Waals surface area contributed by atoms with E-state index in [9.17, 15) is 4.79 Å². The summed E-state index contributed by atoms with van der Waals surface area (Å²) in [6.45, 7) is 1.96. The molecule has 2 atom stereocenters. The second-order valence-electron chi connectivity index (χ2n) is 2.55. The summed E-state index contributed by atoms with van der Waals surface area (Å²) in [4.78, 5) is 10.8. The van der Waals surface area contributed by atoms with Gasteiger partial charge in [0.25, 0.3) is 0 Å². The van der Waals surface area contributed by atoms with E-state index < -0.39 is 0 Å². The summed E-state index contributed by atoms with van der Waals surface area (Å²) in [5, 5.41) is 0. The highest BCUT2D eigenvalue weighted by Gasteiger charge is 2.41. The van der Waals surface area contributed by atoms with Crippen molar-refractivity contribution in [1.82, 2.24) is 0 Å². The first-order valence-corrected chi connectivity index (χ1v) is 3.50. The molecule has 0 bridgehead atoms. The van der Waals surface area contributed by atoms with Crippen LogP contribution in [0.15, 0.2) is 12.2 Å². The van der Waals surface area contributed by atoms with Gasteiger partial charge in [0.2, 0.25) is 0 Å². The molecule has 56 valence electrons. The number of rotatable bonds is 2. The quantitative estimate of drug-likeness (QED) is 0.427. The SMILES string of the molecule is C/C=C/[C@@H]1C[C@H]1C(=O)OC. The molecule has 0 unspecified atom stereocenters. The first-order chi connectivity index (χ1) is 4.79. The second kappa shape index (κ2) is 2.86. The topological polar surface area (TPSA) is 26.3 Å². The number of hydrogen-bond acceptors (Lipinski definition) is 2. The lowest BCUT2D eigenvalue weighted by atomic mass is 10.3. The summed E-state index contributed by atoms with van der Waals surface area (Å²) in [5.41, 5.74) is 0. The summed E-state index contributed by atoms with van der Waals surface area (Å²) in [5.74, 6) is 0.543. The Morgan fingerprint density at radius 1 is 1.70 bits per heavy atom. The summed E-state index contributed by atoms with van der Waals surface area (Å²) < 4.78 is 4.58. The number of esters is 1. The third kappa shape index (κ3) is 1.38. The highest BCUT2D eigenvalue weighted by atomic mass is 16.5. The lowest BCUT2D eigenvalue weighted by Gasteiger charge is -1.92. The molecule has 0 radical (unpaired) electrons. The first-order valence-electron chi connectivity index (χ1n) is 3.50. The van der Waals surface area contributed by atoms with Crippen LogP contribution in [0.1, 0.15) is 13.3 Å². The molecule has 1 aliphatic rings. The molecule has 10 heavy (non-hydrogen) atoms. The monoisotopic (exact) mass is 140 g/mol. The molecule has 0 saturated heterocycles. The minimum absolute atomic E-state index is 0.0666. The average Bonchev–Trinajstić information content (AvgIpc) is 2.67. The molecule has 1 fully saturated rings. The highest BCUT2D eigenvalue weighted by Crippen LogP contribution is 2.40. The Bertz CT molecular complexity index is 161. The van der Waals surface area contributed by atoms with Crippen LogP contribution in [-0.4, -0.2) is 13.1 Å². The van der Waals surface area contributed by atoms with Crippen LogP contribution in [0.4, 0.5) is 0 Å². The third-order valence-electron chi connectivity index (χ3n) is 1.78. The molecule has 0 aromatic rings. The van der Waals surface area contributed by atoms with Gasteiger partial charge in [0.05, 0.1) is 13.0 Å². The zero-order chi connectivity index (χ0) is 7.56. The molecule has 1 rings (SSSR count). The third-order valence-corrected chi connectivity index (χ3v) is 1.78. The minimum Gasteiger partial charge on any atom is -0.469 e. The lowest BCUT2D eigenvalue weighted by molar-refractivity contribution is -0.142. The average molecular weight is 140 g/mol. The molecule has 0 N–H and O–H groups in total. The van der Waals surface area contributed by atoms with E-state index in [2.05, 4.69) is 10.8 Å². The molecule has 0 aromatic heterocycles. The van der Waals surface area contributed by atoms with E-state index in [-0.39, 0.29) is 11.9 Å². The predicted molar refractivity (Wildman–Crippen MR) is 38.4 cm³/mol. The van der Waals surface area contributed by atoms with Crippen LogP contribution in [0.5, 0.6) is 0 Å². The van der Waals surface area contributed by atoms with Crippen molar-refractivity contribution >= 4 is 5.97 Å². The van der Waals surface area contributed by atoms with E-state index in [0.29, 0.717) is 5.92 Å². The van der Waals surface area contributed by atoms with Gasteiger partial charge in [0.15, 0.2) is 0 Å². The first kappa shape index (κ1) is 7.32. The predicted octanol–water partition coefficient (Wildman–Crippen LogP) is 1.37. The fraction of sp³-hybridized carbons (Fsp3) is 0.625. The van der Waals surface area contributed by atoms with Crippen molar-refractivity contribution < 1.29 is 9.53 Å². The summed E-state index contributed by atoms with van der Waals surface area (Å²) in [6.07, 6.45) is 5.01. The van der Waals surface area contributed by atoms with Crippen molar-refractivity contribution in [2.45, 2.75) is 13.3 Å². The van der Waals surface area contributed by atoms with Gasteiger partial charge in [0, 0.05) is 0 Å². The van der Waals surface area contributed by atoms with E-state index in [1.54, 1.807) is 0 Å². The van der Waals surface area contributed by atoms with Crippen molar-refractivity contribution in [3.63, 3.8) is 0 Å². The molecular weight excluding hydrogens is 128 g/mol. The van der Waals surface area contributed by atoms with Gasteiger partial charge in [-0.1, -0.05) is 12.2 Å². The summed E-state index contributed by atoms with van der Waals surface area (Å²) in [6, 6.07) is 0. The maximum atomic E-state index is 10.8. The maximum absolute atomic E-state index is 10.8. The van der Waals surface area contributed by atoms with Crippen LogP contribution >= 0.6 is 0 Å². The van der Waals surface area contributed by atoms with Crippen molar-refractivity contribution in [2.75, 3.05) is 7.11 Å². The molecule has 2 nitrogen and oxygen atoms in total. The number of ether oxygens (including phenoxy) is 1. The van der Waals surface area contributed by atoms with Crippen LogP contribution in [0.2, 0.25) is 0 Å². The van der Waals surface area contributed by atoms with Gasteiger partial charge >= 0.3 is 5.97 Å². The Morgan fingerprint density at radius 2 is 2.40 bits per heavy atom. The number of allylic oxidation sites excluding steroid dienone is 2. The summed E-state index contributed by atoms with van der Waals surface area (Å²) >= 11 is 0. The number of methoxy groups -OCH3 is 1. The summed E-state index contributed by atoms with van der Waals surface area (Å²) in [7, 11) is 1.44. The molecule has 0 spiro atoms. The maximum Gasteiger partial charge on any atom is 0.309 e. The fourth-order valence-corrected chi connectivity index (χ4v) is 1.10. The standard InChI is InChI=1S/C8H12O2/c1-3-4-6-5-7(6)8(9)10-2/h3-4,6-7H,5H2,1-2H3/b4-3+/t6-,7-/m1/s1. The van der Waals surface area contributed by atoms with Crippen LogP contribution in [0, 0.1) is 11.8 Å². The largest absolute Gasteiger partial charge is 0.469 e. The van der Waals surface area contributed by atoms with E-state index in [1.165, 1.54) is 7.11 Å². The lowest BCUT2D eigenvalue weighted by Crippen LogP contribution is -2.03. The van der Waals surface area contributed by atoms with E-state index in [1.807, 2.05) is 13.0 Å². The van der Waals surface area contributed by atoms with Gasteiger partial charge < -0.3 is 4.74 Å². The zero-order valence-corrected chi connectivity index (χ0v) is 6.33. The van der Waals surface area contributed by atoms with Gasteiger partial charge in [-0.15, -0.1) is 0 Å². The number of carbonyl (C=O) groups excluding carboxylic acids is 1. The van der Waals surface area contributed by atoms with Crippen LogP contribution in [-0.2, 0) is 9.53 Å². The highest BCUT2D eigenvalue weighted by molar-refractivity contribution is 5.76. The Balaban J connectivity index is 2.31. The fourth-order valence-electron chi connectivity index (χ4n) is 1.10. The second-order valence-corrected chi connectivity index (χ2v) is 2.55. The van der Waals surface area contributed by atoms with E-state index in [0.717, 1.165) is 6.42 Å². The Hall–Kier alpha value is -0.790. The number of carbonyl (C=O) groups is 1. The Kier molecular flexibility index (Phi) is 2.10. The van der Waals surface area contributed by atoms with Gasteiger partial charge in [-0.3, -0.25) is 4.79 Å². The smallest absolute Gasteiger partial charge is 0.309 e. The van der Waals surface area contributed by atoms with Crippen molar-refractivity contribution in [2.24, 2.45) is 11.8 Å². The van der Waals surface area contributed by atoms with Crippen LogP contribution < -0.4 is 0 Å². The molecule has 0 heterocycles. The van der Waals surface area contributed by atoms with Crippen molar-refractivity contribution in [1.29, 1.82) is 0 Å². The molecule has 0 aromatic carbocycles. The van der Waals surface area contributed by atoms with Gasteiger partial charge in [-0.25, -0.2) is 0 Å². The van der Waals surface area contributed by atoms with Crippen LogP contribution in [0.25, 0.3) is 0 Å². The Labute approximate surface area is 60.9 Å². The van der Waals surface area contributed by atoms with E-state index in [4.69, 9.17) is 0 Å². The zero-order valence-electron chi connectivity index (χ0n) is 6.33. The van der Waals surface area contributed by atoms with E-state index >= 15 is 0 Å². The van der Waals surface area contributed by atoms with Crippen LogP contribution in [0.3, 0.4) is 0 Å². The minimum atomic E-state index is -0.0666. The molecule has 1 saturated carbocycles. The molecule has 0 amide bonds.